The van der Waals surface area contributed by atoms with Crippen molar-refractivity contribution in [3.8, 4) is 17.2 Å². The molecular formula is C17H20N2O3. The molecule has 2 aromatic rings. The summed E-state index contributed by atoms with van der Waals surface area (Å²) in [6.45, 7) is 0. The fourth-order valence-corrected chi connectivity index (χ4v) is 2.04. The zero-order valence-corrected chi connectivity index (χ0v) is 13.2. The Kier molecular flexibility index (Phi) is 5.25. The van der Waals surface area contributed by atoms with Crippen LogP contribution in [0.15, 0.2) is 47.6 Å². The molecule has 0 aliphatic heterocycles. The molecule has 0 N–H and O–H groups in total. The molecular weight excluding hydrogens is 280 g/mol. The highest BCUT2D eigenvalue weighted by atomic mass is 16.5. The van der Waals surface area contributed by atoms with Gasteiger partial charge >= 0.3 is 0 Å². The molecule has 0 amide bonds. The average molecular weight is 300 g/mol. The van der Waals surface area contributed by atoms with Crippen molar-refractivity contribution in [1.82, 2.24) is 0 Å². The summed E-state index contributed by atoms with van der Waals surface area (Å²) in [5, 5.41) is 6.22. The minimum Gasteiger partial charge on any atom is -0.493 e. The third-order valence-electron chi connectivity index (χ3n) is 3.20. The van der Waals surface area contributed by atoms with Gasteiger partial charge in [0.15, 0.2) is 11.5 Å². The monoisotopic (exact) mass is 300 g/mol. The lowest BCUT2D eigenvalue weighted by molar-refractivity contribution is 0.324. The Labute approximate surface area is 130 Å². The van der Waals surface area contributed by atoms with Crippen LogP contribution in [0, 0.1) is 0 Å². The van der Waals surface area contributed by atoms with Gasteiger partial charge in [0.25, 0.3) is 0 Å². The lowest BCUT2D eigenvalue weighted by Crippen LogP contribution is -2.08. The largest absolute Gasteiger partial charge is 0.493 e. The molecule has 116 valence electrons. The molecule has 0 aliphatic carbocycles. The number of ether oxygens (including phenoxy) is 3. The number of benzene rings is 2. The SMILES string of the molecule is COc1cc(/C=N/N(C)c2ccccc2)cc(OC)c1OC. The Bertz CT molecular complexity index is 617. The van der Waals surface area contributed by atoms with E-state index >= 15 is 0 Å². The number of hydrogen-bond acceptors (Lipinski definition) is 5. The number of methoxy groups -OCH3 is 3. The van der Waals surface area contributed by atoms with Crippen LogP contribution in [0.5, 0.6) is 17.2 Å². The van der Waals surface area contributed by atoms with Crippen LogP contribution in [-0.4, -0.2) is 34.6 Å². The van der Waals surface area contributed by atoms with Crippen molar-refractivity contribution in [2.75, 3.05) is 33.4 Å². The predicted molar refractivity (Wildman–Crippen MR) is 88.5 cm³/mol. The normalized spacial score (nSPS) is 10.5. The first-order valence-electron chi connectivity index (χ1n) is 6.82. The second-order valence-corrected chi connectivity index (χ2v) is 4.56. The molecule has 5 heteroatoms. The first-order valence-corrected chi connectivity index (χ1v) is 6.82. The number of hydrogen-bond donors (Lipinski definition) is 0. The van der Waals surface area contributed by atoms with E-state index in [-0.39, 0.29) is 0 Å². The number of nitrogens with zero attached hydrogens (tertiary/aromatic N) is 2. The quantitative estimate of drug-likeness (QED) is 0.607. The number of hydrazone groups is 1. The second-order valence-electron chi connectivity index (χ2n) is 4.56. The van der Waals surface area contributed by atoms with E-state index < -0.39 is 0 Å². The molecule has 5 nitrogen and oxygen atoms in total. The summed E-state index contributed by atoms with van der Waals surface area (Å²) in [6.07, 6.45) is 1.75. The van der Waals surface area contributed by atoms with Crippen LogP contribution in [0.4, 0.5) is 5.69 Å². The molecule has 2 aromatic carbocycles. The van der Waals surface area contributed by atoms with Gasteiger partial charge in [-0.3, -0.25) is 5.01 Å². The van der Waals surface area contributed by atoms with E-state index in [1.807, 2.05) is 49.5 Å². The van der Waals surface area contributed by atoms with E-state index in [1.54, 1.807) is 32.6 Å². The van der Waals surface area contributed by atoms with Crippen molar-refractivity contribution in [1.29, 1.82) is 0 Å². The third kappa shape index (κ3) is 3.49. The minimum absolute atomic E-state index is 0.568. The summed E-state index contributed by atoms with van der Waals surface area (Å²) in [4.78, 5) is 0. The molecule has 0 aromatic heterocycles. The van der Waals surface area contributed by atoms with Crippen LogP contribution >= 0.6 is 0 Å². The van der Waals surface area contributed by atoms with Gasteiger partial charge in [0.1, 0.15) is 0 Å². The molecule has 0 unspecified atom stereocenters. The van der Waals surface area contributed by atoms with Gasteiger partial charge in [-0.1, -0.05) is 18.2 Å². The van der Waals surface area contributed by atoms with Crippen LogP contribution in [0.25, 0.3) is 0 Å². The summed E-state index contributed by atoms with van der Waals surface area (Å²) in [6, 6.07) is 13.6. The summed E-state index contributed by atoms with van der Waals surface area (Å²) in [7, 11) is 6.66. The van der Waals surface area contributed by atoms with E-state index in [0.29, 0.717) is 17.2 Å². The van der Waals surface area contributed by atoms with E-state index in [2.05, 4.69) is 5.10 Å². The van der Waals surface area contributed by atoms with Crippen LogP contribution in [0.2, 0.25) is 0 Å². The smallest absolute Gasteiger partial charge is 0.203 e. The Morgan fingerprint density at radius 1 is 0.909 bits per heavy atom. The number of para-hydroxylation sites is 1. The van der Waals surface area contributed by atoms with Crippen LogP contribution < -0.4 is 19.2 Å². The van der Waals surface area contributed by atoms with Crippen molar-refractivity contribution in [3.63, 3.8) is 0 Å². The molecule has 0 atom stereocenters. The van der Waals surface area contributed by atoms with Crippen LogP contribution in [0.3, 0.4) is 0 Å². The van der Waals surface area contributed by atoms with Gasteiger partial charge in [-0.15, -0.1) is 0 Å². The number of rotatable bonds is 6. The molecule has 22 heavy (non-hydrogen) atoms. The van der Waals surface area contributed by atoms with Gasteiger partial charge in [0.2, 0.25) is 5.75 Å². The summed E-state index contributed by atoms with van der Waals surface area (Å²) in [5.41, 5.74) is 1.86. The van der Waals surface area contributed by atoms with E-state index in [9.17, 15) is 0 Å². The standard InChI is InChI=1S/C17H20N2O3/c1-19(14-8-6-5-7-9-14)18-12-13-10-15(20-2)17(22-4)16(11-13)21-3/h5-12H,1-4H3/b18-12+. The van der Waals surface area contributed by atoms with Crippen molar-refractivity contribution in [2.45, 2.75) is 0 Å². The van der Waals surface area contributed by atoms with Gasteiger partial charge in [-0.2, -0.15) is 5.10 Å². The Hall–Kier alpha value is -2.69. The molecule has 0 bridgehead atoms. The van der Waals surface area contributed by atoms with Crippen molar-refractivity contribution in [3.05, 3.63) is 48.0 Å². The minimum atomic E-state index is 0.568. The predicted octanol–water partition coefficient (Wildman–Crippen LogP) is 3.18. The molecule has 0 heterocycles. The highest BCUT2D eigenvalue weighted by molar-refractivity contribution is 5.83. The molecule has 0 saturated carbocycles. The van der Waals surface area contributed by atoms with E-state index in [0.717, 1.165) is 11.3 Å². The third-order valence-corrected chi connectivity index (χ3v) is 3.20. The zero-order valence-electron chi connectivity index (χ0n) is 13.2. The number of anilines is 1. The molecule has 0 spiro atoms. The highest BCUT2D eigenvalue weighted by Gasteiger charge is 2.12. The summed E-state index contributed by atoms with van der Waals surface area (Å²) >= 11 is 0. The van der Waals surface area contributed by atoms with Crippen LogP contribution in [-0.2, 0) is 0 Å². The zero-order chi connectivity index (χ0) is 15.9. The highest BCUT2D eigenvalue weighted by Crippen LogP contribution is 2.37. The maximum atomic E-state index is 5.33. The molecule has 0 aliphatic rings. The van der Waals surface area contributed by atoms with Crippen molar-refractivity contribution >= 4 is 11.9 Å². The Morgan fingerprint density at radius 2 is 1.50 bits per heavy atom. The maximum absolute atomic E-state index is 5.33. The first-order chi connectivity index (χ1) is 10.7. The van der Waals surface area contributed by atoms with Gasteiger partial charge < -0.3 is 14.2 Å². The lowest BCUT2D eigenvalue weighted by Gasteiger charge is -2.14. The Morgan fingerprint density at radius 3 is 2.00 bits per heavy atom. The fourth-order valence-electron chi connectivity index (χ4n) is 2.04. The maximum Gasteiger partial charge on any atom is 0.203 e. The Balaban J connectivity index is 2.27. The molecule has 0 fully saturated rings. The summed E-state index contributed by atoms with van der Waals surface area (Å²) in [5.74, 6) is 1.77. The lowest BCUT2D eigenvalue weighted by atomic mass is 10.2. The van der Waals surface area contributed by atoms with Gasteiger partial charge in [0, 0.05) is 12.6 Å². The second kappa shape index (κ2) is 7.36. The molecule has 0 radical (unpaired) electrons. The summed E-state index contributed by atoms with van der Waals surface area (Å²) < 4.78 is 16.0. The van der Waals surface area contributed by atoms with Gasteiger partial charge in [-0.25, -0.2) is 0 Å². The molecule has 0 saturated heterocycles. The molecule has 2 rings (SSSR count). The van der Waals surface area contributed by atoms with Gasteiger partial charge in [-0.05, 0) is 24.3 Å². The van der Waals surface area contributed by atoms with E-state index in [4.69, 9.17) is 14.2 Å². The van der Waals surface area contributed by atoms with Crippen molar-refractivity contribution in [2.24, 2.45) is 5.10 Å². The van der Waals surface area contributed by atoms with E-state index in [1.165, 1.54) is 0 Å². The topological polar surface area (TPSA) is 43.3 Å². The van der Waals surface area contributed by atoms with Gasteiger partial charge in [0.05, 0.1) is 33.2 Å². The van der Waals surface area contributed by atoms with Crippen molar-refractivity contribution < 1.29 is 14.2 Å². The first kappa shape index (κ1) is 15.7. The average Bonchev–Trinajstić information content (AvgIpc) is 2.59. The fraction of sp³-hybridized carbons (Fsp3) is 0.235. The van der Waals surface area contributed by atoms with Crippen LogP contribution in [0.1, 0.15) is 5.56 Å².